The SMILES string of the molecule is C.CN(C)c1cc(-c2ccc(OCCNCC(O)c3ccc4cc3NS(=O)(=O)c3cccc(c3)CO4)cc2)ccc1C(=O)O. The molecule has 10 nitrogen and oxygen atoms in total. The number of nitrogens with zero attached hydrogens (tertiary/aromatic N) is 1. The summed E-state index contributed by atoms with van der Waals surface area (Å²) in [6.45, 7) is 1.18. The van der Waals surface area contributed by atoms with Gasteiger partial charge in [0, 0.05) is 38.8 Å². The minimum atomic E-state index is -3.85. The number of fused-ring (bicyclic) bond motifs is 4. The van der Waals surface area contributed by atoms with Gasteiger partial charge in [0.25, 0.3) is 10.0 Å². The maximum atomic E-state index is 13.0. The molecule has 1 aliphatic rings. The lowest BCUT2D eigenvalue weighted by atomic mass is 10.0. The molecule has 0 aromatic heterocycles. The molecular formula is C33H37N3O7S. The molecule has 0 spiro atoms. The summed E-state index contributed by atoms with van der Waals surface area (Å²) in [6.07, 6.45) is -0.986. The van der Waals surface area contributed by atoms with Gasteiger partial charge in [0.15, 0.2) is 0 Å². The number of carbonyl (C=O) groups is 1. The molecular weight excluding hydrogens is 582 g/mol. The predicted molar refractivity (Wildman–Crippen MR) is 171 cm³/mol. The van der Waals surface area contributed by atoms with Crippen LogP contribution in [0, 0.1) is 0 Å². The Morgan fingerprint density at radius 2 is 1.77 bits per heavy atom. The molecule has 4 aromatic rings. The molecule has 11 heteroatoms. The summed E-state index contributed by atoms with van der Waals surface area (Å²) >= 11 is 0. The Morgan fingerprint density at radius 1 is 1.02 bits per heavy atom. The van der Waals surface area contributed by atoms with Gasteiger partial charge in [0.2, 0.25) is 0 Å². The monoisotopic (exact) mass is 619 g/mol. The van der Waals surface area contributed by atoms with Crippen LogP contribution in [0.5, 0.6) is 11.5 Å². The highest BCUT2D eigenvalue weighted by atomic mass is 32.2. The number of aromatic carboxylic acids is 1. The van der Waals surface area contributed by atoms with Gasteiger partial charge in [-0.05, 0) is 59.2 Å². The van der Waals surface area contributed by atoms with Crippen LogP contribution in [0.3, 0.4) is 0 Å². The van der Waals surface area contributed by atoms with Crippen molar-refractivity contribution < 1.29 is 32.9 Å². The smallest absolute Gasteiger partial charge is 0.337 e. The Labute approximate surface area is 257 Å². The Hall–Kier alpha value is -4.58. The zero-order valence-electron chi connectivity index (χ0n) is 23.8. The number of sulfonamides is 1. The Kier molecular flexibility index (Phi) is 10.1. The molecule has 232 valence electrons. The van der Waals surface area contributed by atoms with E-state index >= 15 is 0 Å². The highest BCUT2D eigenvalue weighted by molar-refractivity contribution is 7.92. The lowest BCUT2D eigenvalue weighted by Crippen LogP contribution is -2.27. The number of benzene rings is 4. The first-order valence-electron chi connectivity index (χ1n) is 13.7. The zero-order valence-corrected chi connectivity index (χ0v) is 24.6. The summed E-state index contributed by atoms with van der Waals surface area (Å²) in [5.74, 6) is 0.182. The van der Waals surface area contributed by atoms with Crippen molar-refractivity contribution in [1.29, 1.82) is 0 Å². The normalized spacial score (nSPS) is 13.8. The molecule has 4 N–H and O–H groups in total. The van der Waals surface area contributed by atoms with E-state index in [1.165, 1.54) is 6.07 Å². The molecule has 0 fully saturated rings. The zero-order chi connectivity index (χ0) is 30.6. The Morgan fingerprint density at radius 3 is 2.50 bits per heavy atom. The summed E-state index contributed by atoms with van der Waals surface area (Å²) in [5.41, 5.74) is 4.10. The van der Waals surface area contributed by atoms with Crippen molar-refractivity contribution >= 4 is 27.4 Å². The van der Waals surface area contributed by atoms with E-state index < -0.39 is 22.1 Å². The van der Waals surface area contributed by atoms with E-state index in [0.29, 0.717) is 35.9 Å². The minimum Gasteiger partial charge on any atom is -0.492 e. The number of carboxylic acids is 1. The fourth-order valence-electron chi connectivity index (χ4n) is 4.77. The van der Waals surface area contributed by atoms with E-state index in [4.69, 9.17) is 9.47 Å². The van der Waals surface area contributed by atoms with Crippen molar-refractivity contribution in [2.45, 2.75) is 25.0 Å². The van der Waals surface area contributed by atoms with Crippen molar-refractivity contribution in [3.63, 3.8) is 0 Å². The maximum absolute atomic E-state index is 13.0. The number of carboxylic acid groups (broad SMARTS) is 1. The summed E-state index contributed by atoms with van der Waals surface area (Å²) in [4.78, 5) is 13.4. The van der Waals surface area contributed by atoms with Gasteiger partial charge in [0.1, 0.15) is 24.7 Å². The number of nitrogens with one attached hydrogen (secondary N) is 2. The van der Waals surface area contributed by atoms with E-state index in [1.54, 1.807) is 67.5 Å². The molecule has 1 heterocycles. The van der Waals surface area contributed by atoms with Crippen LogP contribution in [-0.2, 0) is 16.6 Å². The van der Waals surface area contributed by atoms with E-state index in [1.807, 2.05) is 30.3 Å². The second-order valence-electron chi connectivity index (χ2n) is 10.3. The first kappa shape index (κ1) is 32.3. The van der Waals surface area contributed by atoms with Crippen LogP contribution < -0.4 is 24.4 Å². The number of hydrogen-bond acceptors (Lipinski definition) is 8. The standard InChI is InChI=1S/C32H33N3O7S.CH4/c1-35(2)30-17-23(8-12-28(30)32(37)38)22-6-9-24(10-7-22)41-15-14-33-19-31(36)27-13-11-25-18-29(27)34-43(39,40)26-5-3-4-21(16-26)20-42-25;/h3-13,16-18,31,33-34,36H,14-15,19-20H2,1-2H3,(H,37,38);1H4. The summed E-state index contributed by atoms with van der Waals surface area (Å²) < 4.78 is 40.2. The molecule has 1 aliphatic heterocycles. The van der Waals surface area contributed by atoms with Crippen molar-refractivity contribution in [2.75, 3.05) is 43.4 Å². The van der Waals surface area contributed by atoms with Crippen LogP contribution in [0.15, 0.2) is 89.8 Å². The minimum absolute atomic E-state index is 0. The van der Waals surface area contributed by atoms with E-state index in [-0.39, 0.29) is 36.7 Å². The first-order valence-corrected chi connectivity index (χ1v) is 15.1. The van der Waals surface area contributed by atoms with Crippen molar-refractivity contribution in [3.8, 4) is 22.6 Å². The molecule has 5 rings (SSSR count). The molecule has 0 aliphatic carbocycles. The van der Waals surface area contributed by atoms with Gasteiger partial charge in [0.05, 0.1) is 27.9 Å². The third-order valence-corrected chi connectivity index (χ3v) is 8.39. The van der Waals surface area contributed by atoms with Crippen molar-refractivity contribution in [1.82, 2.24) is 5.32 Å². The largest absolute Gasteiger partial charge is 0.492 e. The molecule has 1 atom stereocenters. The molecule has 0 saturated heterocycles. The summed E-state index contributed by atoms with van der Waals surface area (Å²) in [5, 5.41) is 23.5. The molecule has 0 amide bonds. The van der Waals surface area contributed by atoms with E-state index in [0.717, 1.165) is 16.7 Å². The van der Waals surface area contributed by atoms with Crippen LogP contribution in [0.25, 0.3) is 11.1 Å². The maximum Gasteiger partial charge on any atom is 0.337 e. The van der Waals surface area contributed by atoms with Gasteiger partial charge in [-0.2, -0.15) is 0 Å². The van der Waals surface area contributed by atoms with Gasteiger partial charge in [-0.15, -0.1) is 0 Å². The van der Waals surface area contributed by atoms with Crippen LogP contribution in [0.4, 0.5) is 11.4 Å². The second-order valence-corrected chi connectivity index (χ2v) is 12.0. The van der Waals surface area contributed by atoms with Gasteiger partial charge in [-0.3, -0.25) is 4.72 Å². The average Bonchev–Trinajstić information content (AvgIpc) is 2.99. The lowest BCUT2D eigenvalue weighted by Gasteiger charge is -2.20. The topological polar surface area (TPSA) is 137 Å². The third-order valence-electron chi connectivity index (χ3n) is 7.03. The van der Waals surface area contributed by atoms with Crippen LogP contribution in [0.2, 0.25) is 0 Å². The van der Waals surface area contributed by atoms with Crippen LogP contribution >= 0.6 is 0 Å². The highest BCUT2D eigenvalue weighted by Gasteiger charge is 2.21. The Balaban J connectivity index is 0.00000442. The molecule has 44 heavy (non-hydrogen) atoms. The first-order chi connectivity index (χ1) is 20.6. The number of rotatable bonds is 10. The van der Waals surface area contributed by atoms with Crippen LogP contribution in [0.1, 0.15) is 35.0 Å². The number of aliphatic hydroxyl groups is 1. The highest BCUT2D eigenvalue weighted by Crippen LogP contribution is 2.32. The van der Waals surface area contributed by atoms with Gasteiger partial charge < -0.3 is 29.9 Å². The summed E-state index contributed by atoms with van der Waals surface area (Å²) in [6, 6.07) is 24.2. The average molecular weight is 620 g/mol. The number of ether oxygens (including phenoxy) is 2. The number of hydrogen-bond donors (Lipinski definition) is 4. The second kappa shape index (κ2) is 13.8. The molecule has 1 unspecified atom stereocenters. The molecule has 4 aromatic carbocycles. The fourth-order valence-corrected chi connectivity index (χ4v) is 5.92. The Bertz CT molecular complexity index is 1720. The third kappa shape index (κ3) is 7.49. The summed E-state index contributed by atoms with van der Waals surface area (Å²) in [7, 11) is -0.237. The van der Waals surface area contributed by atoms with E-state index in [9.17, 15) is 23.4 Å². The number of aliphatic hydroxyl groups excluding tert-OH is 1. The lowest BCUT2D eigenvalue weighted by molar-refractivity contribution is 0.0697. The van der Waals surface area contributed by atoms with Crippen molar-refractivity contribution in [2.24, 2.45) is 0 Å². The van der Waals surface area contributed by atoms with Gasteiger partial charge in [-0.1, -0.05) is 43.8 Å². The molecule has 0 radical (unpaired) electrons. The fraction of sp³-hybridized carbons (Fsp3) is 0.242. The number of anilines is 2. The van der Waals surface area contributed by atoms with Gasteiger partial charge in [-0.25, -0.2) is 13.2 Å². The predicted octanol–water partition coefficient (Wildman–Crippen LogP) is 5.15. The van der Waals surface area contributed by atoms with Crippen LogP contribution in [-0.4, -0.2) is 58.4 Å². The van der Waals surface area contributed by atoms with Gasteiger partial charge >= 0.3 is 5.97 Å². The molecule has 0 saturated carbocycles. The van der Waals surface area contributed by atoms with Crippen molar-refractivity contribution in [3.05, 3.63) is 102 Å². The quantitative estimate of drug-likeness (QED) is 0.178. The molecule has 4 bridgehead atoms. The van der Waals surface area contributed by atoms with E-state index in [2.05, 4.69) is 10.0 Å².